The van der Waals surface area contributed by atoms with E-state index in [0.29, 0.717) is 48.8 Å². The Hall–Kier alpha value is -2.68. The highest BCUT2D eigenvalue weighted by Crippen LogP contribution is 2.23. The molecule has 0 spiro atoms. The number of hydrogen-bond acceptors (Lipinski definition) is 4. The van der Waals surface area contributed by atoms with Crippen LogP contribution in [0.4, 0.5) is 4.39 Å². The molecule has 1 amide bonds. The van der Waals surface area contributed by atoms with Gasteiger partial charge in [0.15, 0.2) is 0 Å². The van der Waals surface area contributed by atoms with Gasteiger partial charge in [0.1, 0.15) is 11.6 Å². The van der Waals surface area contributed by atoms with Crippen molar-refractivity contribution in [1.82, 2.24) is 9.88 Å². The van der Waals surface area contributed by atoms with Crippen molar-refractivity contribution < 1.29 is 13.6 Å². The smallest absolute Gasteiger partial charge is 0.228 e. The monoisotopic (exact) mass is 327 g/mol. The Bertz CT molecular complexity index is 786. The fourth-order valence-electron chi connectivity index (χ4n) is 2.85. The third-order valence-electron chi connectivity index (χ3n) is 4.31. The fraction of sp³-hybridized carbons (Fsp3) is 0.389. The molecular formula is C18H18FN3O2. The number of carbonyl (C=O) groups excluding carboxylic acids is 1. The Morgan fingerprint density at radius 3 is 2.88 bits per heavy atom. The summed E-state index contributed by atoms with van der Waals surface area (Å²) < 4.78 is 18.9. The highest BCUT2D eigenvalue weighted by atomic mass is 19.1. The lowest BCUT2D eigenvalue weighted by Crippen LogP contribution is -2.39. The van der Waals surface area contributed by atoms with Crippen LogP contribution in [0.5, 0.6) is 0 Å². The molecule has 1 saturated heterocycles. The summed E-state index contributed by atoms with van der Waals surface area (Å²) in [6, 6.07) is 8.27. The molecule has 0 bridgehead atoms. The molecule has 0 aliphatic carbocycles. The minimum atomic E-state index is -0.360. The first kappa shape index (κ1) is 16.2. The fourth-order valence-corrected chi connectivity index (χ4v) is 2.85. The second-order valence-corrected chi connectivity index (χ2v) is 5.99. The van der Waals surface area contributed by atoms with Crippen LogP contribution >= 0.6 is 0 Å². The normalized spacial score (nSPS) is 15.3. The van der Waals surface area contributed by atoms with Gasteiger partial charge in [-0.2, -0.15) is 5.26 Å². The van der Waals surface area contributed by atoms with Crippen molar-refractivity contribution in [2.45, 2.75) is 26.2 Å². The maximum Gasteiger partial charge on any atom is 0.228 e. The number of nitrogens with zero attached hydrogens (tertiary/aromatic N) is 3. The van der Waals surface area contributed by atoms with Gasteiger partial charge in [0, 0.05) is 24.6 Å². The topological polar surface area (TPSA) is 70.1 Å². The van der Waals surface area contributed by atoms with Crippen LogP contribution in [0.1, 0.15) is 24.3 Å². The predicted octanol–water partition coefficient (Wildman–Crippen LogP) is 3.09. The number of benzene rings is 1. The summed E-state index contributed by atoms with van der Waals surface area (Å²) in [6.07, 6.45) is 1.59. The molecule has 0 radical (unpaired) electrons. The number of halogens is 1. The van der Waals surface area contributed by atoms with E-state index in [1.807, 2.05) is 0 Å². The molecule has 1 aliphatic rings. The lowest BCUT2D eigenvalue weighted by Gasteiger charge is -2.29. The molecule has 24 heavy (non-hydrogen) atoms. The first-order valence-electron chi connectivity index (χ1n) is 7.96. The Balaban J connectivity index is 1.70. The van der Waals surface area contributed by atoms with E-state index in [1.54, 1.807) is 24.0 Å². The molecule has 0 N–H and O–H groups in total. The molecule has 1 aliphatic heterocycles. The number of aromatic nitrogens is 1. The Labute approximate surface area is 139 Å². The molecule has 0 unspecified atom stereocenters. The molecular weight excluding hydrogens is 309 g/mol. The molecule has 1 aromatic heterocycles. The molecule has 1 aromatic carbocycles. The predicted molar refractivity (Wildman–Crippen MR) is 85.3 cm³/mol. The highest BCUT2D eigenvalue weighted by Gasteiger charge is 2.24. The van der Waals surface area contributed by atoms with Crippen LogP contribution in [0.25, 0.3) is 11.5 Å². The van der Waals surface area contributed by atoms with Crippen LogP contribution in [0.2, 0.25) is 0 Å². The number of rotatable bonds is 3. The number of likely N-dealkylation sites (tertiary alicyclic amines) is 1. The minimum Gasteiger partial charge on any atom is -0.441 e. The van der Waals surface area contributed by atoms with E-state index in [1.165, 1.54) is 12.1 Å². The number of oxazole rings is 1. The van der Waals surface area contributed by atoms with Crippen LogP contribution < -0.4 is 0 Å². The summed E-state index contributed by atoms with van der Waals surface area (Å²) in [5.41, 5.74) is 1.12. The molecule has 0 saturated carbocycles. The quantitative estimate of drug-likeness (QED) is 0.868. The summed E-state index contributed by atoms with van der Waals surface area (Å²) in [5.74, 6) is 0.546. The molecule has 6 heteroatoms. The van der Waals surface area contributed by atoms with E-state index >= 15 is 0 Å². The van der Waals surface area contributed by atoms with Gasteiger partial charge in [0.05, 0.1) is 18.2 Å². The molecule has 1 fully saturated rings. The van der Waals surface area contributed by atoms with Gasteiger partial charge in [-0.15, -0.1) is 0 Å². The van der Waals surface area contributed by atoms with Gasteiger partial charge >= 0.3 is 0 Å². The summed E-state index contributed by atoms with van der Waals surface area (Å²) in [6.45, 7) is 2.95. The van der Waals surface area contributed by atoms with Crippen LogP contribution in [0.15, 0.2) is 28.7 Å². The number of carbonyl (C=O) groups is 1. The number of piperidine rings is 1. The van der Waals surface area contributed by atoms with Gasteiger partial charge in [-0.25, -0.2) is 9.37 Å². The first-order chi connectivity index (χ1) is 11.6. The zero-order chi connectivity index (χ0) is 17.1. The van der Waals surface area contributed by atoms with Crippen LogP contribution in [-0.4, -0.2) is 28.9 Å². The van der Waals surface area contributed by atoms with Crippen LogP contribution in [0, 0.1) is 30.0 Å². The van der Waals surface area contributed by atoms with Crippen molar-refractivity contribution in [3.63, 3.8) is 0 Å². The third-order valence-corrected chi connectivity index (χ3v) is 4.31. The van der Waals surface area contributed by atoms with Gasteiger partial charge in [-0.1, -0.05) is 6.07 Å². The van der Waals surface area contributed by atoms with E-state index in [0.717, 1.165) is 0 Å². The summed E-state index contributed by atoms with van der Waals surface area (Å²) in [4.78, 5) is 18.5. The van der Waals surface area contributed by atoms with Crippen LogP contribution in [0.3, 0.4) is 0 Å². The first-order valence-corrected chi connectivity index (χ1v) is 7.96. The van der Waals surface area contributed by atoms with E-state index in [9.17, 15) is 9.18 Å². The minimum absolute atomic E-state index is 0.0198. The molecule has 0 atom stereocenters. The van der Waals surface area contributed by atoms with Crippen molar-refractivity contribution in [1.29, 1.82) is 5.26 Å². The number of nitriles is 1. The Morgan fingerprint density at radius 1 is 1.46 bits per heavy atom. The SMILES string of the molecule is Cc1oc(-c2cccc(F)c2)nc1CC(=O)N1CCC(C#N)CC1. The summed E-state index contributed by atoms with van der Waals surface area (Å²) in [5, 5.41) is 8.92. The van der Waals surface area contributed by atoms with Crippen molar-refractivity contribution in [2.24, 2.45) is 5.92 Å². The molecule has 2 aromatic rings. The Kier molecular flexibility index (Phi) is 4.61. The second kappa shape index (κ2) is 6.83. The van der Waals surface area contributed by atoms with Crippen molar-refractivity contribution in [3.05, 3.63) is 41.5 Å². The zero-order valence-electron chi connectivity index (χ0n) is 13.5. The highest BCUT2D eigenvalue weighted by molar-refractivity contribution is 5.78. The van der Waals surface area contributed by atoms with E-state index in [2.05, 4.69) is 11.1 Å². The van der Waals surface area contributed by atoms with Gasteiger partial charge in [0.2, 0.25) is 11.8 Å². The van der Waals surface area contributed by atoms with Gasteiger partial charge in [-0.3, -0.25) is 4.79 Å². The van der Waals surface area contributed by atoms with E-state index in [4.69, 9.17) is 9.68 Å². The molecule has 3 rings (SSSR count). The van der Waals surface area contributed by atoms with E-state index in [-0.39, 0.29) is 24.1 Å². The maximum absolute atomic E-state index is 13.3. The van der Waals surface area contributed by atoms with Crippen molar-refractivity contribution >= 4 is 5.91 Å². The lowest BCUT2D eigenvalue weighted by molar-refractivity contribution is -0.131. The van der Waals surface area contributed by atoms with Gasteiger partial charge < -0.3 is 9.32 Å². The molecule has 5 nitrogen and oxygen atoms in total. The standard InChI is InChI=1S/C18H18FN3O2/c1-12-16(10-17(23)22-7-5-13(11-20)6-8-22)21-18(24-12)14-3-2-4-15(19)9-14/h2-4,9,13H,5-8,10H2,1H3. The van der Waals surface area contributed by atoms with Crippen molar-refractivity contribution in [3.8, 4) is 17.5 Å². The molecule has 124 valence electrons. The molecule has 2 heterocycles. The van der Waals surface area contributed by atoms with Gasteiger partial charge in [-0.05, 0) is 38.0 Å². The maximum atomic E-state index is 13.3. The Morgan fingerprint density at radius 2 is 2.21 bits per heavy atom. The van der Waals surface area contributed by atoms with Gasteiger partial charge in [0.25, 0.3) is 0 Å². The van der Waals surface area contributed by atoms with E-state index < -0.39 is 0 Å². The summed E-state index contributed by atoms with van der Waals surface area (Å²) >= 11 is 0. The number of aryl methyl sites for hydroxylation is 1. The van der Waals surface area contributed by atoms with Crippen LogP contribution in [-0.2, 0) is 11.2 Å². The second-order valence-electron chi connectivity index (χ2n) is 5.99. The summed E-state index contributed by atoms with van der Waals surface area (Å²) in [7, 11) is 0. The third kappa shape index (κ3) is 3.46. The number of amides is 1. The average molecular weight is 327 g/mol. The zero-order valence-corrected chi connectivity index (χ0v) is 13.5. The lowest BCUT2D eigenvalue weighted by atomic mass is 9.98. The number of hydrogen-bond donors (Lipinski definition) is 0. The average Bonchev–Trinajstić information content (AvgIpc) is 2.96. The largest absolute Gasteiger partial charge is 0.441 e. The van der Waals surface area contributed by atoms with Crippen molar-refractivity contribution in [2.75, 3.05) is 13.1 Å².